The van der Waals surface area contributed by atoms with Crippen LogP contribution in [-0.4, -0.2) is 41.9 Å². The number of likely N-dealkylation sites (N-methyl/N-ethyl adjacent to an activating group) is 1. The van der Waals surface area contributed by atoms with E-state index in [2.05, 4.69) is 37.8 Å². The van der Waals surface area contributed by atoms with E-state index in [0.29, 0.717) is 23.1 Å². The van der Waals surface area contributed by atoms with Crippen molar-refractivity contribution in [2.45, 2.75) is 47.1 Å². The van der Waals surface area contributed by atoms with Crippen LogP contribution in [0.5, 0.6) is 0 Å². The average molecular weight is 433 g/mol. The molecule has 1 aliphatic heterocycles. The highest BCUT2D eigenvalue weighted by molar-refractivity contribution is 5.99. The number of hydrogen-bond donors (Lipinski definition) is 0. The van der Waals surface area contributed by atoms with Gasteiger partial charge in [-0.05, 0) is 67.7 Å². The Morgan fingerprint density at radius 3 is 2.25 bits per heavy atom. The largest absolute Gasteiger partial charge is 0.450 e. The van der Waals surface area contributed by atoms with Crippen molar-refractivity contribution in [2.75, 3.05) is 26.2 Å². The zero-order valence-corrected chi connectivity index (χ0v) is 19.7. The molecule has 168 valence electrons. The number of nitrogens with zero attached hydrogens (tertiary/aromatic N) is 2. The first-order valence-electron chi connectivity index (χ1n) is 11.6. The maximum Gasteiger partial charge on any atom is 0.290 e. The second kappa shape index (κ2) is 8.91. The quantitative estimate of drug-likeness (QED) is 0.535. The van der Waals surface area contributed by atoms with Crippen molar-refractivity contribution in [3.8, 4) is 0 Å². The summed E-state index contributed by atoms with van der Waals surface area (Å²) in [6, 6.07) is 11.6. The maximum atomic E-state index is 13.7. The zero-order chi connectivity index (χ0) is 23.0. The molecule has 2 aromatic carbocycles. The van der Waals surface area contributed by atoms with Gasteiger partial charge in [-0.3, -0.25) is 9.59 Å². The van der Waals surface area contributed by atoms with Gasteiger partial charge >= 0.3 is 0 Å². The SMILES string of the molecule is CCc1ccc(C2c3c(oc4cc(C)c(C)cc4c3=O)C(=O)N2CCN(CC)CC)cc1. The number of hydrogen-bond acceptors (Lipinski definition) is 4. The van der Waals surface area contributed by atoms with E-state index in [9.17, 15) is 9.59 Å². The molecule has 0 saturated heterocycles. The van der Waals surface area contributed by atoms with Crippen molar-refractivity contribution in [3.05, 3.63) is 80.2 Å². The van der Waals surface area contributed by atoms with Gasteiger partial charge in [0.1, 0.15) is 5.58 Å². The molecule has 4 rings (SSSR count). The summed E-state index contributed by atoms with van der Waals surface area (Å²) in [5.41, 5.74) is 5.10. The molecule has 0 fully saturated rings. The lowest BCUT2D eigenvalue weighted by atomic mass is 9.96. The van der Waals surface area contributed by atoms with Crippen LogP contribution in [0.2, 0.25) is 0 Å². The number of carbonyl (C=O) groups is 1. The Morgan fingerprint density at radius 1 is 0.969 bits per heavy atom. The minimum Gasteiger partial charge on any atom is -0.450 e. The highest BCUT2D eigenvalue weighted by atomic mass is 16.3. The van der Waals surface area contributed by atoms with Crippen LogP contribution in [0.15, 0.2) is 45.6 Å². The van der Waals surface area contributed by atoms with E-state index in [1.54, 1.807) is 0 Å². The summed E-state index contributed by atoms with van der Waals surface area (Å²) < 4.78 is 6.11. The Kier molecular flexibility index (Phi) is 6.20. The van der Waals surface area contributed by atoms with Crippen LogP contribution in [-0.2, 0) is 6.42 Å². The first-order valence-corrected chi connectivity index (χ1v) is 11.6. The lowest BCUT2D eigenvalue weighted by Gasteiger charge is -2.28. The number of benzene rings is 2. The number of amides is 1. The van der Waals surface area contributed by atoms with Crippen LogP contribution >= 0.6 is 0 Å². The third-order valence-corrected chi connectivity index (χ3v) is 6.84. The summed E-state index contributed by atoms with van der Waals surface area (Å²) in [4.78, 5) is 31.3. The first-order chi connectivity index (χ1) is 15.4. The molecule has 5 nitrogen and oxygen atoms in total. The van der Waals surface area contributed by atoms with Gasteiger partial charge < -0.3 is 14.2 Å². The van der Waals surface area contributed by atoms with Crippen LogP contribution in [0.4, 0.5) is 0 Å². The van der Waals surface area contributed by atoms with E-state index in [4.69, 9.17) is 4.42 Å². The van der Waals surface area contributed by atoms with Gasteiger partial charge in [-0.15, -0.1) is 0 Å². The third-order valence-electron chi connectivity index (χ3n) is 6.84. The number of aryl methyl sites for hydroxylation is 3. The van der Waals surface area contributed by atoms with Gasteiger partial charge in [-0.2, -0.15) is 0 Å². The van der Waals surface area contributed by atoms with Crippen LogP contribution in [0, 0.1) is 13.8 Å². The van der Waals surface area contributed by atoms with Crippen LogP contribution in [0.3, 0.4) is 0 Å². The standard InChI is InChI=1S/C27H32N2O3/c1-6-19-9-11-20(12-10-19)24-23-25(30)21-15-17(4)18(5)16-22(21)32-26(23)27(31)29(24)14-13-28(7-2)8-3/h9-12,15-16,24H,6-8,13-14H2,1-5H3. The Morgan fingerprint density at radius 2 is 1.62 bits per heavy atom. The summed E-state index contributed by atoms with van der Waals surface area (Å²) in [7, 11) is 0. The lowest BCUT2D eigenvalue weighted by molar-refractivity contribution is 0.0708. The molecule has 0 bridgehead atoms. The Hall–Kier alpha value is -2.92. The topological polar surface area (TPSA) is 53.8 Å². The molecule has 5 heteroatoms. The third kappa shape index (κ3) is 3.75. The Balaban J connectivity index is 1.88. The maximum absolute atomic E-state index is 13.7. The molecular formula is C27H32N2O3. The molecule has 32 heavy (non-hydrogen) atoms. The summed E-state index contributed by atoms with van der Waals surface area (Å²) in [5.74, 6) is -0.0104. The van der Waals surface area contributed by atoms with Crippen molar-refractivity contribution in [1.29, 1.82) is 0 Å². The van der Waals surface area contributed by atoms with Crippen LogP contribution in [0.25, 0.3) is 11.0 Å². The molecule has 1 aromatic heterocycles. The van der Waals surface area contributed by atoms with Gasteiger partial charge in [0, 0.05) is 13.1 Å². The molecule has 1 amide bonds. The fourth-order valence-electron chi connectivity index (χ4n) is 4.58. The van der Waals surface area contributed by atoms with E-state index in [-0.39, 0.29) is 17.1 Å². The summed E-state index contributed by atoms with van der Waals surface area (Å²) in [6.07, 6.45) is 0.942. The molecule has 1 unspecified atom stereocenters. The molecule has 2 heterocycles. The predicted molar refractivity (Wildman–Crippen MR) is 128 cm³/mol. The van der Waals surface area contributed by atoms with Crippen molar-refractivity contribution in [1.82, 2.24) is 9.80 Å². The van der Waals surface area contributed by atoms with E-state index < -0.39 is 6.04 Å². The summed E-state index contributed by atoms with van der Waals surface area (Å²) in [5, 5.41) is 0.542. The second-order valence-corrected chi connectivity index (χ2v) is 8.63. The fourth-order valence-corrected chi connectivity index (χ4v) is 4.58. The van der Waals surface area contributed by atoms with Crippen LogP contribution < -0.4 is 5.43 Å². The molecule has 0 saturated carbocycles. The first kappa shape index (κ1) is 22.3. The normalized spacial score (nSPS) is 15.8. The van der Waals surface area contributed by atoms with Crippen molar-refractivity contribution in [2.24, 2.45) is 0 Å². The van der Waals surface area contributed by atoms with Crippen molar-refractivity contribution in [3.63, 3.8) is 0 Å². The molecule has 0 radical (unpaired) electrons. The minimum atomic E-state index is -0.429. The predicted octanol–water partition coefficient (Wildman–Crippen LogP) is 4.86. The highest BCUT2D eigenvalue weighted by Gasteiger charge is 2.42. The van der Waals surface area contributed by atoms with Gasteiger partial charge in [-0.1, -0.05) is 45.0 Å². The molecular weight excluding hydrogens is 400 g/mol. The second-order valence-electron chi connectivity index (χ2n) is 8.63. The van der Waals surface area contributed by atoms with E-state index in [0.717, 1.165) is 42.7 Å². The number of carbonyl (C=O) groups excluding carboxylic acids is 1. The van der Waals surface area contributed by atoms with E-state index >= 15 is 0 Å². The minimum absolute atomic E-state index is 0.104. The Bertz CT molecular complexity index is 1210. The smallest absolute Gasteiger partial charge is 0.290 e. The monoisotopic (exact) mass is 432 g/mol. The van der Waals surface area contributed by atoms with Gasteiger partial charge in [0.05, 0.1) is 17.0 Å². The summed E-state index contributed by atoms with van der Waals surface area (Å²) >= 11 is 0. The van der Waals surface area contributed by atoms with Gasteiger partial charge in [0.2, 0.25) is 5.76 Å². The molecule has 0 N–H and O–H groups in total. The van der Waals surface area contributed by atoms with E-state index in [1.807, 2.05) is 43.0 Å². The number of rotatable bonds is 7. The highest BCUT2D eigenvalue weighted by Crippen LogP contribution is 2.38. The summed E-state index contributed by atoms with van der Waals surface area (Å²) in [6.45, 7) is 13.5. The molecule has 1 aliphatic rings. The van der Waals surface area contributed by atoms with Gasteiger partial charge in [0.25, 0.3) is 5.91 Å². The van der Waals surface area contributed by atoms with Crippen LogP contribution in [0.1, 0.15) is 65.2 Å². The number of fused-ring (bicyclic) bond motifs is 2. The lowest BCUT2D eigenvalue weighted by Crippen LogP contribution is -2.37. The van der Waals surface area contributed by atoms with E-state index in [1.165, 1.54) is 5.56 Å². The van der Waals surface area contributed by atoms with Crippen molar-refractivity contribution >= 4 is 16.9 Å². The average Bonchev–Trinajstić information content (AvgIpc) is 3.08. The molecule has 1 atom stereocenters. The molecule has 3 aromatic rings. The zero-order valence-electron chi connectivity index (χ0n) is 19.7. The Labute approximate surface area is 189 Å². The molecule has 0 spiro atoms. The molecule has 0 aliphatic carbocycles. The van der Waals surface area contributed by atoms with Gasteiger partial charge in [0.15, 0.2) is 5.43 Å². The van der Waals surface area contributed by atoms with Gasteiger partial charge in [-0.25, -0.2) is 0 Å². The van der Waals surface area contributed by atoms with Crippen molar-refractivity contribution < 1.29 is 9.21 Å². The fraction of sp³-hybridized carbons (Fsp3) is 0.407.